The molecule has 3 heteroatoms. The fourth-order valence-electron chi connectivity index (χ4n) is 2.28. The van der Waals surface area contributed by atoms with Gasteiger partial charge in [0.1, 0.15) is 0 Å². The minimum atomic E-state index is 0.295. The molecule has 96 valence electrons. The summed E-state index contributed by atoms with van der Waals surface area (Å²) in [4.78, 5) is 1.38. The van der Waals surface area contributed by atoms with Crippen molar-refractivity contribution in [2.45, 2.75) is 32.7 Å². The molecular formula is C15H20N2S. The minimum Gasteiger partial charge on any atom is -0.271 e. The fourth-order valence-corrected chi connectivity index (χ4v) is 3.07. The summed E-state index contributed by atoms with van der Waals surface area (Å²) in [5.74, 6) is 5.69. The van der Waals surface area contributed by atoms with Crippen LogP contribution in [0.15, 0.2) is 35.7 Å². The molecule has 0 aliphatic carbocycles. The van der Waals surface area contributed by atoms with Crippen LogP contribution in [0.25, 0.3) is 0 Å². The van der Waals surface area contributed by atoms with Crippen LogP contribution in [0.1, 0.15) is 21.6 Å². The molecule has 0 aliphatic heterocycles. The van der Waals surface area contributed by atoms with Crippen LogP contribution < -0.4 is 11.3 Å². The molecule has 0 fully saturated rings. The summed E-state index contributed by atoms with van der Waals surface area (Å²) in [5.41, 5.74) is 7.06. The lowest BCUT2D eigenvalue weighted by molar-refractivity contribution is 0.524. The Balaban J connectivity index is 2.10. The lowest BCUT2D eigenvalue weighted by atomic mass is 9.95. The van der Waals surface area contributed by atoms with E-state index in [-0.39, 0.29) is 0 Å². The molecule has 0 saturated carbocycles. The fraction of sp³-hybridized carbons (Fsp3) is 0.333. The highest BCUT2D eigenvalue weighted by Crippen LogP contribution is 2.18. The van der Waals surface area contributed by atoms with Crippen molar-refractivity contribution in [3.63, 3.8) is 0 Å². The largest absolute Gasteiger partial charge is 0.271 e. The maximum absolute atomic E-state index is 5.69. The van der Waals surface area contributed by atoms with Gasteiger partial charge in [0.25, 0.3) is 0 Å². The zero-order valence-corrected chi connectivity index (χ0v) is 11.8. The van der Waals surface area contributed by atoms with Crippen LogP contribution in [0.2, 0.25) is 0 Å². The van der Waals surface area contributed by atoms with Gasteiger partial charge >= 0.3 is 0 Å². The first-order valence-electron chi connectivity index (χ1n) is 6.24. The lowest BCUT2D eigenvalue weighted by Crippen LogP contribution is -2.38. The highest BCUT2D eigenvalue weighted by molar-refractivity contribution is 7.09. The lowest BCUT2D eigenvalue weighted by Gasteiger charge is -2.18. The number of nitrogens with two attached hydrogens (primary N) is 1. The zero-order chi connectivity index (χ0) is 13.0. The average Bonchev–Trinajstić information content (AvgIpc) is 2.85. The van der Waals surface area contributed by atoms with Gasteiger partial charge in [-0.3, -0.25) is 11.3 Å². The summed E-state index contributed by atoms with van der Waals surface area (Å²) >= 11 is 1.79. The predicted octanol–water partition coefficient (Wildman–Crippen LogP) is 2.98. The van der Waals surface area contributed by atoms with E-state index in [1.54, 1.807) is 11.3 Å². The summed E-state index contributed by atoms with van der Waals surface area (Å²) < 4.78 is 0. The molecule has 1 aromatic carbocycles. The molecule has 18 heavy (non-hydrogen) atoms. The molecule has 1 aromatic heterocycles. The van der Waals surface area contributed by atoms with Gasteiger partial charge in [-0.15, -0.1) is 11.3 Å². The minimum absolute atomic E-state index is 0.295. The number of rotatable bonds is 5. The maximum Gasteiger partial charge on any atom is 0.0299 e. The second-order valence-corrected chi connectivity index (χ2v) is 5.75. The van der Waals surface area contributed by atoms with E-state index in [0.717, 1.165) is 12.8 Å². The van der Waals surface area contributed by atoms with Gasteiger partial charge in [0, 0.05) is 10.9 Å². The molecule has 0 spiro atoms. The summed E-state index contributed by atoms with van der Waals surface area (Å²) in [6.45, 7) is 4.34. The van der Waals surface area contributed by atoms with E-state index in [1.165, 1.54) is 21.6 Å². The van der Waals surface area contributed by atoms with E-state index >= 15 is 0 Å². The van der Waals surface area contributed by atoms with Crippen LogP contribution in [-0.2, 0) is 12.8 Å². The Morgan fingerprint density at radius 1 is 1.11 bits per heavy atom. The van der Waals surface area contributed by atoms with Crippen molar-refractivity contribution in [2.24, 2.45) is 5.84 Å². The van der Waals surface area contributed by atoms with Crippen molar-refractivity contribution in [2.75, 3.05) is 0 Å². The standard InChI is InChI=1S/C15H20N2S/c1-11-5-3-6-12(2)15(11)10-13(17-16)9-14-7-4-8-18-14/h3-8,13,17H,9-10,16H2,1-2H3. The summed E-state index contributed by atoms with van der Waals surface area (Å²) in [5, 5.41) is 2.11. The van der Waals surface area contributed by atoms with Gasteiger partial charge in [-0.25, -0.2) is 0 Å². The third kappa shape index (κ3) is 3.19. The van der Waals surface area contributed by atoms with E-state index in [2.05, 4.69) is 55.0 Å². The van der Waals surface area contributed by atoms with Crippen LogP contribution in [0.3, 0.4) is 0 Å². The topological polar surface area (TPSA) is 38.0 Å². The Morgan fingerprint density at radius 3 is 2.39 bits per heavy atom. The second kappa shape index (κ2) is 6.14. The van der Waals surface area contributed by atoms with E-state index < -0.39 is 0 Å². The molecule has 2 rings (SSSR count). The highest BCUT2D eigenvalue weighted by atomic mass is 32.1. The van der Waals surface area contributed by atoms with E-state index in [0.29, 0.717) is 6.04 Å². The molecule has 0 amide bonds. The molecule has 0 aliphatic rings. The molecule has 0 saturated heterocycles. The first-order valence-corrected chi connectivity index (χ1v) is 7.12. The Labute approximate surface area is 113 Å². The molecule has 3 N–H and O–H groups in total. The smallest absolute Gasteiger partial charge is 0.0299 e. The summed E-state index contributed by atoms with van der Waals surface area (Å²) in [6.07, 6.45) is 1.97. The molecule has 1 atom stereocenters. The van der Waals surface area contributed by atoms with Crippen molar-refractivity contribution in [1.29, 1.82) is 0 Å². The Bertz CT molecular complexity index is 471. The molecule has 2 nitrogen and oxygen atoms in total. The molecule has 0 radical (unpaired) electrons. The summed E-state index contributed by atoms with van der Waals surface area (Å²) in [6, 6.07) is 11.0. The normalized spacial score (nSPS) is 12.6. The molecule has 1 unspecified atom stereocenters. The van der Waals surface area contributed by atoms with Gasteiger partial charge in [-0.2, -0.15) is 0 Å². The number of nitrogens with one attached hydrogen (secondary N) is 1. The van der Waals surface area contributed by atoms with E-state index in [4.69, 9.17) is 5.84 Å². The van der Waals surface area contributed by atoms with Crippen molar-refractivity contribution >= 4 is 11.3 Å². The number of hydrazine groups is 1. The van der Waals surface area contributed by atoms with Crippen LogP contribution in [0, 0.1) is 13.8 Å². The van der Waals surface area contributed by atoms with Crippen molar-refractivity contribution < 1.29 is 0 Å². The van der Waals surface area contributed by atoms with E-state index in [9.17, 15) is 0 Å². The van der Waals surface area contributed by atoms with Crippen molar-refractivity contribution in [1.82, 2.24) is 5.43 Å². The van der Waals surface area contributed by atoms with Gasteiger partial charge in [-0.1, -0.05) is 24.3 Å². The first kappa shape index (κ1) is 13.3. The third-order valence-electron chi connectivity index (χ3n) is 3.36. The predicted molar refractivity (Wildman–Crippen MR) is 78.8 cm³/mol. The number of benzene rings is 1. The Kier molecular flexibility index (Phi) is 4.53. The molecular weight excluding hydrogens is 240 g/mol. The second-order valence-electron chi connectivity index (χ2n) is 4.72. The van der Waals surface area contributed by atoms with Crippen LogP contribution in [-0.4, -0.2) is 6.04 Å². The van der Waals surface area contributed by atoms with E-state index in [1.807, 2.05) is 0 Å². The third-order valence-corrected chi connectivity index (χ3v) is 4.26. The van der Waals surface area contributed by atoms with Gasteiger partial charge in [0.15, 0.2) is 0 Å². The highest BCUT2D eigenvalue weighted by Gasteiger charge is 2.12. The van der Waals surface area contributed by atoms with Gasteiger partial charge in [0.2, 0.25) is 0 Å². The van der Waals surface area contributed by atoms with Crippen LogP contribution in [0.4, 0.5) is 0 Å². The first-order chi connectivity index (χ1) is 8.70. The Hall–Kier alpha value is -1.16. The number of hydrogen-bond donors (Lipinski definition) is 2. The Morgan fingerprint density at radius 2 is 1.83 bits per heavy atom. The number of aryl methyl sites for hydroxylation is 2. The zero-order valence-electron chi connectivity index (χ0n) is 10.9. The molecule has 1 heterocycles. The maximum atomic E-state index is 5.69. The number of hydrogen-bond acceptors (Lipinski definition) is 3. The van der Waals surface area contributed by atoms with Gasteiger partial charge < -0.3 is 0 Å². The van der Waals surface area contributed by atoms with Crippen molar-refractivity contribution in [3.8, 4) is 0 Å². The van der Waals surface area contributed by atoms with Crippen LogP contribution in [0.5, 0.6) is 0 Å². The quantitative estimate of drug-likeness (QED) is 0.640. The molecule has 2 aromatic rings. The van der Waals surface area contributed by atoms with Crippen molar-refractivity contribution in [3.05, 3.63) is 57.3 Å². The van der Waals surface area contributed by atoms with Gasteiger partial charge in [0.05, 0.1) is 0 Å². The summed E-state index contributed by atoms with van der Waals surface area (Å²) in [7, 11) is 0. The molecule has 0 bridgehead atoms. The van der Waals surface area contributed by atoms with Gasteiger partial charge in [-0.05, 0) is 54.8 Å². The number of thiophene rings is 1. The SMILES string of the molecule is Cc1cccc(C)c1CC(Cc1cccs1)NN. The monoisotopic (exact) mass is 260 g/mol. The average molecular weight is 260 g/mol. The van der Waals surface area contributed by atoms with Crippen LogP contribution >= 0.6 is 11.3 Å².